The maximum atomic E-state index is 8.90. The normalized spacial score (nSPS) is 9.56. The minimum absolute atomic E-state index is 0.409. The molecule has 4 nitrogen and oxygen atoms in total. The number of hydrogen-bond donors (Lipinski definition) is 0. The van der Waals surface area contributed by atoms with E-state index in [1.54, 1.807) is 37.7 Å². The molecular weight excluding hydrogens is 228 g/mol. The molecule has 0 aliphatic rings. The first-order valence-corrected chi connectivity index (χ1v) is 5.42. The maximum absolute atomic E-state index is 8.90. The highest BCUT2D eigenvalue weighted by atomic mass is 16.5. The molecule has 1 heterocycles. The van der Waals surface area contributed by atoms with E-state index >= 15 is 0 Å². The highest BCUT2D eigenvalue weighted by Crippen LogP contribution is 2.23. The summed E-state index contributed by atoms with van der Waals surface area (Å²) < 4.78 is 10.7. The first-order valence-electron chi connectivity index (χ1n) is 5.42. The Hall–Kier alpha value is -2.54. The number of nitriles is 1. The van der Waals surface area contributed by atoms with Crippen molar-refractivity contribution in [3.63, 3.8) is 0 Å². The van der Waals surface area contributed by atoms with E-state index in [9.17, 15) is 0 Å². The lowest BCUT2D eigenvalue weighted by atomic mass is 10.2. The molecule has 4 heteroatoms. The van der Waals surface area contributed by atoms with Gasteiger partial charge >= 0.3 is 0 Å². The topological polar surface area (TPSA) is 55.1 Å². The number of aromatic nitrogens is 1. The van der Waals surface area contributed by atoms with Crippen molar-refractivity contribution in [1.82, 2.24) is 4.98 Å². The van der Waals surface area contributed by atoms with Crippen LogP contribution >= 0.6 is 0 Å². The lowest BCUT2D eigenvalue weighted by Gasteiger charge is -2.08. The molecule has 0 saturated heterocycles. The molecular formula is C14H12N2O2. The van der Waals surface area contributed by atoms with Gasteiger partial charge in [0.05, 0.1) is 18.7 Å². The van der Waals surface area contributed by atoms with Crippen LogP contribution in [0.3, 0.4) is 0 Å². The van der Waals surface area contributed by atoms with Gasteiger partial charge < -0.3 is 9.47 Å². The van der Waals surface area contributed by atoms with Gasteiger partial charge in [-0.05, 0) is 18.2 Å². The molecule has 0 saturated carbocycles. The van der Waals surface area contributed by atoms with Crippen LogP contribution in [0, 0.1) is 11.3 Å². The molecule has 0 unspecified atom stereocenters. The van der Waals surface area contributed by atoms with Gasteiger partial charge in [0.25, 0.3) is 0 Å². The Kier molecular flexibility index (Phi) is 3.77. The zero-order chi connectivity index (χ0) is 12.8. The molecule has 2 rings (SSSR count). The van der Waals surface area contributed by atoms with Crippen molar-refractivity contribution in [2.45, 2.75) is 6.61 Å². The monoisotopic (exact) mass is 240 g/mol. The number of ether oxygens (including phenoxy) is 2. The first kappa shape index (κ1) is 11.9. The summed E-state index contributed by atoms with van der Waals surface area (Å²) >= 11 is 0. The Morgan fingerprint density at radius 3 is 2.78 bits per heavy atom. The fourth-order valence-corrected chi connectivity index (χ4v) is 1.49. The van der Waals surface area contributed by atoms with Crippen molar-refractivity contribution in [3.05, 3.63) is 53.9 Å². The molecule has 2 aromatic rings. The number of rotatable bonds is 4. The molecule has 18 heavy (non-hydrogen) atoms. The summed E-state index contributed by atoms with van der Waals surface area (Å²) in [6.45, 7) is 0.409. The highest BCUT2D eigenvalue weighted by Gasteiger charge is 2.02. The van der Waals surface area contributed by atoms with E-state index in [1.807, 2.05) is 12.1 Å². The zero-order valence-electron chi connectivity index (χ0n) is 9.96. The van der Waals surface area contributed by atoms with Crippen molar-refractivity contribution >= 4 is 0 Å². The fourth-order valence-electron chi connectivity index (χ4n) is 1.49. The van der Waals surface area contributed by atoms with Crippen LogP contribution in [0.15, 0.2) is 42.7 Å². The van der Waals surface area contributed by atoms with Crippen LogP contribution in [0.2, 0.25) is 0 Å². The van der Waals surface area contributed by atoms with Crippen LogP contribution in [0.1, 0.15) is 11.1 Å². The zero-order valence-corrected chi connectivity index (χ0v) is 9.96. The third kappa shape index (κ3) is 2.98. The van der Waals surface area contributed by atoms with Crippen LogP contribution < -0.4 is 9.47 Å². The van der Waals surface area contributed by atoms with Crippen LogP contribution in [0.4, 0.5) is 0 Å². The molecule has 0 aliphatic heterocycles. The molecule has 1 aromatic carbocycles. The third-order valence-electron chi connectivity index (χ3n) is 2.37. The minimum atomic E-state index is 0.409. The SMILES string of the molecule is COc1cc(C#N)cc(OCc2cccnc2)c1. The Morgan fingerprint density at radius 1 is 1.28 bits per heavy atom. The number of pyridine rings is 1. The van der Waals surface area contributed by atoms with Crippen LogP contribution in [-0.2, 0) is 6.61 Å². The molecule has 0 amide bonds. The second kappa shape index (κ2) is 5.69. The van der Waals surface area contributed by atoms with Crippen LogP contribution in [0.25, 0.3) is 0 Å². The van der Waals surface area contributed by atoms with Gasteiger partial charge in [0.2, 0.25) is 0 Å². The second-order valence-corrected chi connectivity index (χ2v) is 3.66. The predicted molar refractivity (Wildman–Crippen MR) is 66.3 cm³/mol. The quantitative estimate of drug-likeness (QED) is 0.824. The van der Waals surface area contributed by atoms with Crippen molar-refractivity contribution in [2.24, 2.45) is 0 Å². The fraction of sp³-hybridized carbons (Fsp3) is 0.143. The van der Waals surface area contributed by atoms with Crippen molar-refractivity contribution in [2.75, 3.05) is 7.11 Å². The molecule has 0 spiro atoms. The van der Waals surface area contributed by atoms with Gasteiger partial charge in [0, 0.05) is 24.0 Å². The molecule has 1 aromatic heterocycles. The molecule has 0 bridgehead atoms. The van der Waals surface area contributed by atoms with Crippen LogP contribution in [0.5, 0.6) is 11.5 Å². The Morgan fingerprint density at radius 2 is 2.11 bits per heavy atom. The average Bonchev–Trinajstić information content (AvgIpc) is 2.45. The Labute approximate surface area is 105 Å². The summed E-state index contributed by atoms with van der Waals surface area (Å²) in [6.07, 6.45) is 3.45. The van der Waals surface area contributed by atoms with E-state index in [0.29, 0.717) is 23.7 Å². The maximum Gasteiger partial charge on any atom is 0.124 e. The summed E-state index contributed by atoms with van der Waals surface area (Å²) in [4.78, 5) is 4.01. The van der Waals surface area contributed by atoms with Gasteiger partial charge in [-0.15, -0.1) is 0 Å². The number of nitrogens with zero attached hydrogens (tertiary/aromatic N) is 2. The lowest BCUT2D eigenvalue weighted by Crippen LogP contribution is -1.96. The Bertz CT molecular complexity index is 562. The largest absolute Gasteiger partial charge is 0.497 e. The predicted octanol–water partition coefficient (Wildman–Crippen LogP) is 2.54. The molecule has 0 radical (unpaired) electrons. The molecule has 0 aliphatic carbocycles. The summed E-state index contributed by atoms with van der Waals surface area (Å²) in [6, 6.07) is 10.9. The van der Waals surface area contributed by atoms with Gasteiger partial charge in [-0.2, -0.15) is 5.26 Å². The van der Waals surface area contributed by atoms with Gasteiger partial charge in [0.15, 0.2) is 0 Å². The van der Waals surface area contributed by atoms with Crippen molar-refractivity contribution in [1.29, 1.82) is 5.26 Å². The van der Waals surface area contributed by atoms with Crippen molar-refractivity contribution < 1.29 is 9.47 Å². The smallest absolute Gasteiger partial charge is 0.124 e. The third-order valence-corrected chi connectivity index (χ3v) is 2.37. The van der Waals surface area contributed by atoms with E-state index in [2.05, 4.69) is 11.1 Å². The summed E-state index contributed by atoms with van der Waals surface area (Å²) in [5.41, 5.74) is 1.48. The minimum Gasteiger partial charge on any atom is -0.497 e. The van der Waals surface area contributed by atoms with E-state index in [0.717, 1.165) is 5.56 Å². The Balaban J connectivity index is 2.12. The second-order valence-electron chi connectivity index (χ2n) is 3.66. The molecule has 0 N–H and O–H groups in total. The molecule has 0 atom stereocenters. The summed E-state index contributed by atoms with van der Waals surface area (Å²) in [5.74, 6) is 1.21. The highest BCUT2D eigenvalue weighted by molar-refractivity contribution is 5.43. The summed E-state index contributed by atoms with van der Waals surface area (Å²) in [7, 11) is 1.56. The van der Waals surface area contributed by atoms with Crippen LogP contribution in [-0.4, -0.2) is 12.1 Å². The van der Waals surface area contributed by atoms with Gasteiger partial charge in [0.1, 0.15) is 18.1 Å². The van der Waals surface area contributed by atoms with Gasteiger partial charge in [-0.1, -0.05) is 6.07 Å². The average molecular weight is 240 g/mol. The first-order chi connectivity index (χ1) is 8.81. The van der Waals surface area contributed by atoms with Gasteiger partial charge in [-0.3, -0.25) is 4.98 Å². The standard InChI is InChI=1S/C14H12N2O2/c1-17-13-5-12(8-15)6-14(7-13)18-10-11-3-2-4-16-9-11/h2-7,9H,10H2,1H3. The number of hydrogen-bond acceptors (Lipinski definition) is 4. The van der Waals surface area contributed by atoms with E-state index in [1.165, 1.54) is 0 Å². The van der Waals surface area contributed by atoms with Gasteiger partial charge in [-0.25, -0.2) is 0 Å². The molecule has 90 valence electrons. The molecule has 0 fully saturated rings. The summed E-state index contributed by atoms with van der Waals surface area (Å²) in [5, 5.41) is 8.90. The van der Waals surface area contributed by atoms with E-state index < -0.39 is 0 Å². The van der Waals surface area contributed by atoms with Crippen molar-refractivity contribution in [3.8, 4) is 17.6 Å². The number of benzene rings is 1. The number of methoxy groups -OCH3 is 1. The lowest BCUT2D eigenvalue weighted by molar-refractivity contribution is 0.303. The van der Waals surface area contributed by atoms with E-state index in [-0.39, 0.29) is 0 Å². The van der Waals surface area contributed by atoms with E-state index in [4.69, 9.17) is 14.7 Å².